The van der Waals surface area contributed by atoms with Crippen LogP contribution in [0.15, 0.2) is 6.07 Å². The van der Waals surface area contributed by atoms with Gasteiger partial charge < -0.3 is 4.74 Å². The molecule has 0 spiro atoms. The van der Waals surface area contributed by atoms with Gasteiger partial charge in [0.05, 0.1) is 25.3 Å². The lowest BCUT2D eigenvalue weighted by atomic mass is 10.2. The van der Waals surface area contributed by atoms with Crippen LogP contribution in [0.2, 0.25) is 0 Å². The summed E-state index contributed by atoms with van der Waals surface area (Å²) >= 11 is 0. The number of rotatable bonds is 3. The van der Waals surface area contributed by atoms with Crippen LogP contribution >= 0.6 is 0 Å². The fraction of sp³-hybridized carbons (Fsp3) is 0.333. The van der Waals surface area contributed by atoms with Gasteiger partial charge in [0.15, 0.2) is 0 Å². The Morgan fingerprint density at radius 1 is 1.60 bits per heavy atom. The van der Waals surface area contributed by atoms with Crippen molar-refractivity contribution in [1.82, 2.24) is 4.98 Å². The zero-order valence-corrected chi connectivity index (χ0v) is 7.80. The fourth-order valence-corrected chi connectivity index (χ4v) is 1.07. The van der Waals surface area contributed by atoms with E-state index >= 15 is 0 Å². The molecule has 1 heterocycles. The average Bonchev–Trinajstić information content (AvgIpc) is 2.16. The van der Waals surface area contributed by atoms with E-state index in [1.807, 2.05) is 0 Å². The van der Waals surface area contributed by atoms with Crippen LogP contribution in [0.3, 0.4) is 0 Å². The molecule has 6 heteroatoms. The number of nitriles is 1. The Morgan fingerprint density at radius 2 is 2.27 bits per heavy atom. The van der Waals surface area contributed by atoms with Crippen LogP contribution in [-0.2, 0) is 6.42 Å². The van der Waals surface area contributed by atoms with Gasteiger partial charge in [-0.05, 0) is 6.07 Å². The van der Waals surface area contributed by atoms with Crippen molar-refractivity contribution >= 4 is 0 Å². The van der Waals surface area contributed by atoms with E-state index in [0.717, 1.165) is 13.2 Å². The molecule has 0 aliphatic rings. The normalized spacial score (nSPS) is 10.1. The standard InChI is InChI=1S/C9H7F3N2O/c1-15-9-7(8(11)12)6(10)4-5(14-9)2-3-13/h4,8H,2H2,1H3. The zero-order valence-electron chi connectivity index (χ0n) is 7.80. The largest absolute Gasteiger partial charge is 0.481 e. The summed E-state index contributed by atoms with van der Waals surface area (Å²) in [6.07, 6.45) is -3.15. The SMILES string of the molecule is COc1nc(CC#N)cc(F)c1C(F)F. The van der Waals surface area contributed by atoms with Crippen LogP contribution in [0, 0.1) is 17.1 Å². The molecule has 0 radical (unpaired) electrons. The summed E-state index contributed by atoms with van der Waals surface area (Å²) in [7, 11) is 1.11. The first-order valence-corrected chi connectivity index (χ1v) is 3.98. The molecule has 1 aromatic rings. The molecule has 1 aromatic heterocycles. The van der Waals surface area contributed by atoms with Crippen LogP contribution in [-0.4, -0.2) is 12.1 Å². The van der Waals surface area contributed by atoms with Crippen molar-refractivity contribution in [2.75, 3.05) is 7.11 Å². The van der Waals surface area contributed by atoms with Crippen molar-refractivity contribution in [3.05, 3.63) is 23.1 Å². The first kappa shape index (κ1) is 11.3. The van der Waals surface area contributed by atoms with Crippen molar-refractivity contribution in [3.8, 4) is 11.9 Å². The lowest BCUT2D eigenvalue weighted by Gasteiger charge is -2.08. The monoisotopic (exact) mass is 216 g/mol. The number of ether oxygens (including phenoxy) is 1. The molecule has 0 aliphatic carbocycles. The maximum absolute atomic E-state index is 13.2. The minimum Gasteiger partial charge on any atom is -0.481 e. The molecular formula is C9H7F3N2O. The smallest absolute Gasteiger partial charge is 0.271 e. The summed E-state index contributed by atoms with van der Waals surface area (Å²) in [6.45, 7) is 0. The highest BCUT2D eigenvalue weighted by molar-refractivity contribution is 5.31. The Hall–Kier alpha value is -1.77. The molecule has 0 bridgehead atoms. The number of hydrogen-bond donors (Lipinski definition) is 0. The Bertz CT molecular complexity index is 401. The van der Waals surface area contributed by atoms with Gasteiger partial charge in [0.25, 0.3) is 6.43 Å². The second kappa shape index (κ2) is 4.64. The van der Waals surface area contributed by atoms with Gasteiger partial charge in [-0.25, -0.2) is 18.2 Å². The summed E-state index contributed by atoms with van der Waals surface area (Å²) in [4.78, 5) is 3.60. The molecule has 3 nitrogen and oxygen atoms in total. The third-order valence-corrected chi connectivity index (χ3v) is 1.70. The molecule has 0 fully saturated rings. The van der Waals surface area contributed by atoms with Crippen molar-refractivity contribution in [2.24, 2.45) is 0 Å². The Balaban J connectivity index is 3.25. The summed E-state index contributed by atoms with van der Waals surface area (Å²) < 4.78 is 42.4. The van der Waals surface area contributed by atoms with E-state index in [4.69, 9.17) is 5.26 Å². The number of aromatic nitrogens is 1. The number of hydrogen-bond acceptors (Lipinski definition) is 3. The van der Waals surface area contributed by atoms with E-state index in [9.17, 15) is 13.2 Å². The topological polar surface area (TPSA) is 45.9 Å². The molecule has 0 N–H and O–H groups in total. The van der Waals surface area contributed by atoms with E-state index in [0.29, 0.717) is 0 Å². The van der Waals surface area contributed by atoms with Crippen LogP contribution in [0.25, 0.3) is 0 Å². The number of pyridine rings is 1. The third-order valence-electron chi connectivity index (χ3n) is 1.70. The quantitative estimate of drug-likeness (QED) is 0.778. The molecule has 1 rings (SSSR count). The van der Waals surface area contributed by atoms with Crippen LogP contribution in [0.5, 0.6) is 5.88 Å². The van der Waals surface area contributed by atoms with E-state index in [1.54, 1.807) is 6.07 Å². The molecule has 0 amide bonds. The predicted octanol–water partition coefficient (Wildman–Crippen LogP) is 2.23. The predicted molar refractivity (Wildman–Crippen MR) is 45.0 cm³/mol. The van der Waals surface area contributed by atoms with Crippen molar-refractivity contribution in [1.29, 1.82) is 5.26 Å². The van der Waals surface area contributed by atoms with Crippen LogP contribution < -0.4 is 4.74 Å². The van der Waals surface area contributed by atoms with Crippen molar-refractivity contribution < 1.29 is 17.9 Å². The molecule has 80 valence electrons. The van der Waals surface area contributed by atoms with Gasteiger partial charge in [-0.1, -0.05) is 0 Å². The molecule has 0 unspecified atom stereocenters. The van der Waals surface area contributed by atoms with Gasteiger partial charge in [0.2, 0.25) is 5.88 Å². The second-order valence-corrected chi connectivity index (χ2v) is 2.65. The molecule has 0 atom stereocenters. The summed E-state index contributed by atoms with van der Waals surface area (Å²) in [5.74, 6) is -1.59. The van der Waals surface area contributed by atoms with Gasteiger partial charge in [0, 0.05) is 0 Å². The van der Waals surface area contributed by atoms with Gasteiger partial charge in [-0.3, -0.25) is 0 Å². The number of halogens is 3. The van der Waals surface area contributed by atoms with Gasteiger partial charge in [-0.2, -0.15) is 5.26 Å². The van der Waals surface area contributed by atoms with E-state index < -0.39 is 23.7 Å². The van der Waals surface area contributed by atoms with Crippen molar-refractivity contribution in [3.63, 3.8) is 0 Å². The van der Waals surface area contributed by atoms with E-state index in [1.165, 1.54) is 0 Å². The minimum absolute atomic E-state index is 0.0660. The van der Waals surface area contributed by atoms with Gasteiger partial charge >= 0.3 is 0 Å². The number of alkyl halides is 2. The highest BCUT2D eigenvalue weighted by atomic mass is 19.3. The lowest BCUT2D eigenvalue weighted by Crippen LogP contribution is -2.02. The number of methoxy groups -OCH3 is 1. The number of nitrogens with zero attached hydrogens (tertiary/aromatic N) is 2. The summed E-state index contributed by atoms with van der Waals surface area (Å²) in [5.41, 5.74) is -0.810. The molecule has 0 saturated heterocycles. The summed E-state index contributed by atoms with van der Waals surface area (Å²) in [6, 6.07) is 2.55. The Labute approximate surface area is 84.1 Å². The molecular weight excluding hydrogens is 209 g/mol. The molecule has 0 aromatic carbocycles. The first-order valence-electron chi connectivity index (χ1n) is 3.98. The lowest BCUT2D eigenvalue weighted by molar-refractivity contribution is 0.140. The maximum atomic E-state index is 13.2. The summed E-state index contributed by atoms with van der Waals surface area (Å²) in [5, 5.41) is 8.35. The molecule has 15 heavy (non-hydrogen) atoms. The van der Waals surface area contributed by atoms with Crippen LogP contribution in [0.1, 0.15) is 17.7 Å². The highest BCUT2D eigenvalue weighted by Crippen LogP contribution is 2.30. The Kier molecular flexibility index (Phi) is 3.50. The third kappa shape index (κ3) is 2.37. The average molecular weight is 216 g/mol. The van der Waals surface area contributed by atoms with Crippen molar-refractivity contribution in [2.45, 2.75) is 12.8 Å². The first-order chi connectivity index (χ1) is 7.10. The van der Waals surface area contributed by atoms with Gasteiger partial charge in [0.1, 0.15) is 11.4 Å². The van der Waals surface area contributed by atoms with Gasteiger partial charge in [-0.15, -0.1) is 0 Å². The van der Waals surface area contributed by atoms with Crippen LogP contribution in [0.4, 0.5) is 13.2 Å². The zero-order chi connectivity index (χ0) is 11.4. The minimum atomic E-state index is -3.00. The fourth-order valence-electron chi connectivity index (χ4n) is 1.07. The highest BCUT2D eigenvalue weighted by Gasteiger charge is 2.21. The Morgan fingerprint density at radius 3 is 2.73 bits per heavy atom. The maximum Gasteiger partial charge on any atom is 0.271 e. The van der Waals surface area contributed by atoms with E-state index in [2.05, 4.69) is 9.72 Å². The second-order valence-electron chi connectivity index (χ2n) is 2.65. The van der Waals surface area contributed by atoms with E-state index in [-0.39, 0.29) is 12.1 Å². The molecule has 0 aliphatic heterocycles. The molecule has 0 saturated carbocycles.